The molecule has 1 heteroatoms. The van der Waals surface area contributed by atoms with Gasteiger partial charge in [-0.2, -0.15) is 0 Å². The van der Waals surface area contributed by atoms with Crippen LogP contribution in [0, 0.1) is 29.1 Å². The first-order valence-corrected chi connectivity index (χ1v) is 8.52. The molecule has 0 saturated heterocycles. The van der Waals surface area contributed by atoms with Crippen LogP contribution in [-0.2, 0) is 0 Å². The summed E-state index contributed by atoms with van der Waals surface area (Å²) in [6, 6.07) is 0.879. The summed E-state index contributed by atoms with van der Waals surface area (Å²) >= 11 is 0. The summed E-state index contributed by atoms with van der Waals surface area (Å²) in [4.78, 5) is 0. The van der Waals surface area contributed by atoms with Gasteiger partial charge in [-0.3, -0.25) is 0 Å². The first kappa shape index (κ1) is 11.8. The lowest BCUT2D eigenvalue weighted by atomic mass is 9.46. The zero-order chi connectivity index (χ0) is 12.2. The fraction of sp³-hybridized carbons (Fsp3) is 1.00. The molecule has 4 bridgehead atoms. The molecule has 102 valence electrons. The van der Waals surface area contributed by atoms with E-state index < -0.39 is 0 Å². The Hall–Kier alpha value is -0.0400. The smallest absolute Gasteiger partial charge is 0.0152 e. The third-order valence-electron chi connectivity index (χ3n) is 6.79. The number of nitrogens with one attached hydrogen (secondary N) is 1. The molecule has 1 N–H and O–H groups in total. The zero-order valence-corrected chi connectivity index (χ0v) is 12.0. The van der Waals surface area contributed by atoms with Gasteiger partial charge in [-0.1, -0.05) is 13.3 Å². The van der Waals surface area contributed by atoms with Crippen LogP contribution in [0.15, 0.2) is 0 Å². The number of hydrogen-bond acceptors (Lipinski definition) is 1. The second kappa shape index (κ2) is 4.23. The van der Waals surface area contributed by atoms with Gasteiger partial charge in [0.25, 0.3) is 0 Å². The molecule has 0 aromatic carbocycles. The molecule has 1 unspecified atom stereocenters. The second-order valence-corrected chi connectivity index (χ2v) is 8.01. The van der Waals surface area contributed by atoms with Crippen molar-refractivity contribution in [3.05, 3.63) is 0 Å². The molecule has 0 heterocycles. The van der Waals surface area contributed by atoms with Crippen LogP contribution in [0.1, 0.15) is 64.7 Å². The zero-order valence-electron chi connectivity index (χ0n) is 12.0. The van der Waals surface area contributed by atoms with E-state index in [2.05, 4.69) is 12.2 Å². The van der Waals surface area contributed by atoms with Gasteiger partial charge in [-0.25, -0.2) is 0 Å². The summed E-state index contributed by atoms with van der Waals surface area (Å²) in [5.74, 6) is 4.36. The summed E-state index contributed by atoms with van der Waals surface area (Å²) in [6.07, 6.45) is 14.0. The Morgan fingerprint density at radius 2 is 1.56 bits per heavy atom. The van der Waals surface area contributed by atoms with Crippen LogP contribution in [0.3, 0.4) is 0 Å². The maximum atomic E-state index is 3.94. The molecule has 0 aromatic heterocycles. The molecule has 5 rings (SSSR count). The van der Waals surface area contributed by atoms with Crippen molar-refractivity contribution in [2.24, 2.45) is 29.1 Å². The van der Waals surface area contributed by atoms with E-state index in [4.69, 9.17) is 0 Å². The van der Waals surface area contributed by atoms with Gasteiger partial charge in [0, 0.05) is 6.04 Å². The Morgan fingerprint density at radius 3 is 1.94 bits per heavy atom. The molecular weight excluding hydrogens is 218 g/mol. The van der Waals surface area contributed by atoms with E-state index in [0.29, 0.717) is 0 Å². The summed E-state index contributed by atoms with van der Waals surface area (Å²) < 4.78 is 0. The minimum absolute atomic E-state index is 0.732. The van der Waals surface area contributed by atoms with E-state index in [1.54, 1.807) is 38.5 Å². The highest BCUT2D eigenvalue weighted by atomic mass is 14.9. The lowest BCUT2D eigenvalue weighted by Crippen LogP contribution is -2.59. The van der Waals surface area contributed by atoms with Crippen LogP contribution in [-0.4, -0.2) is 12.6 Å². The van der Waals surface area contributed by atoms with Gasteiger partial charge in [-0.05, 0) is 87.0 Å². The van der Waals surface area contributed by atoms with Crippen LogP contribution in [0.25, 0.3) is 0 Å². The summed E-state index contributed by atoms with van der Waals surface area (Å²) in [5.41, 5.74) is 0.732. The standard InChI is InChI=1S/C17H29N/c1-2-18-16(15-4-3-5-15)17-9-12-6-13(10-17)8-14(7-12)11-17/h12-16,18H,2-11H2,1H3. The van der Waals surface area contributed by atoms with Crippen molar-refractivity contribution in [2.75, 3.05) is 6.54 Å². The van der Waals surface area contributed by atoms with Crippen LogP contribution in [0.2, 0.25) is 0 Å². The highest BCUT2D eigenvalue weighted by Gasteiger charge is 2.55. The molecule has 5 saturated carbocycles. The van der Waals surface area contributed by atoms with Crippen molar-refractivity contribution in [3.63, 3.8) is 0 Å². The lowest BCUT2D eigenvalue weighted by molar-refractivity contribution is -0.0917. The second-order valence-electron chi connectivity index (χ2n) is 8.01. The van der Waals surface area contributed by atoms with Gasteiger partial charge in [0.2, 0.25) is 0 Å². The SMILES string of the molecule is CCNC(C1CCC1)C12CC3CC(CC(C3)C1)C2. The molecule has 0 amide bonds. The molecule has 1 nitrogen and oxygen atoms in total. The Labute approximate surface area is 112 Å². The van der Waals surface area contributed by atoms with Crippen molar-refractivity contribution in [2.45, 2.75) is 70.8 Å². The van der Waals surface area contributed by atoms with E-state index in [1.807, 2.05) is 0 Å². The largest absolute Gasteiger partial charge is 0.313 e. The molecule has 0 spiro atoms. The van der Waals surface area contributed by atoms with Gasteiger partial charge in [-0.15, -0.1) is 0 Å². The average Bonchev–Trinajstić information content (AvgIpc) is 2.24. The number of rotatable bonds is 4. The van der Waals surface area contributed by atoms with Gasteiger partial charge < -0.3 is 5.32 Å². The molecule has 1 atom stereocenters. The predicted molar refractivity (Wildman–Crippen MR) is 75.4 cm³/mol. The highest BCUT2D eigenvalue weighted by Crippen LogP contribution is 2.62. The Balaban J connectivity index is 1.60. The molecule has 0 aromatic rings. The predicted octanol–water partition coefficient (Wildman–Crippen LogP) is 3.98. The Bertz CT molecular complexity index is 282. The van der Waals surface area contributed by atoms with Crippen molar-refractivity contribution in [1.29, 1.82) is 0 Å². The fourth-order valence-electron chi connectivity index (χ4n) is 6.43. The van der Waals surface area contributed by atoms with Gasteiger partial charge >= 0.3 is 0 Å². The number of hydrogen-bond donors (Lipinski definition) is 1. The maximum absolute atomic E-state index is 3.94. The van der Waals surface area contributed by atoms with Crippen molar-refractivity contribution in [3.8, 4) is 0 Å². The van der Waals surface area contributed by atoms with Gasteiger partial charge in [0.05, 0.1) is 0 Å². The first-order chi connectivity index (χ1) is 8.79. The van der Waals surface area contributed by atoms with Crippen LogP contribution >= 0.6 is 0 Å². The first-order valence-electron chi connectivity index (χ1n) is 8.52. The van der Waals surface area contributed by atoms with Crippen LogP contribution < -0.4 is 5.32 Å². The molecule has 5 fully saturated rings. The fourth-order valence-corrected chi connectivity index (χ4v) is 6.43. The molecular formula is C17H29N. The normalized spacial score (nSPS) is 48.2. The molecule has 5 aliphatic rings. The molecule has 0 radical (unpaired) electrons. The third kappa shape index (κ3) is 1.69. The topological polar surface area (TPSA) is 12.0 Å². The van der Waals surface area contributed by atoms with Crippen LogP contribution in [0.4, 0.5) is 0 Å². The summed E-state index contributed by atoms with van der Waals surface area (Å²) in [7, 11) is 0. The molecule has 5 aliphatic carbocycles. The summed E-state index contributed by atoms with van der Waals surface area (Å²) in [6.45, 7) is 3.50. The van der Waals surface area contributed by atoms with E-state index in [1.165, 1.54) is 25.8 Å². The minimum Gasteiger partial charge on any atom is -0.313 e. The van der Waals surface area contributed by atoms with Crippen molar-refractivity contribution in [1.82, 2.24) is 5.32 Å². The Kier molecular flexibility index (Phi) is 2.76. The van der Waals surface area contributed by atoms with Crippen molar-refractivity contribution >= 4 is 0 Å². The molecule has 18 heavy (non-hydrogen) atoms. The van der Waals surface area contributed by atoms with E-state index in [0.717, 1.165) is 35.1 Å². The highest BCUT2D eigenvalue weighted by molar-refractivity contribution is 5.08. The summed E-state index contributed by atoms with van der Waals surface area (Å²) in [5, 5.41) is 3.94. The lowest BCUT2D eigenvalue weighted by Gasteiger charge is -2.61. The van der Waals surface area contributed by atoms with E-state index >= 15 is 0 Å². The average molecular weight is 247 g/mol. The third-order valence-corrected chi connectivity index (χ3v) is 6.79. The van der Waals surface area contributed by atoms with Gasteiger partial charge in [0.15, 0.2) is 0 Å². The van der Waals surface area contributed by atoms with Crippen LogP contribution in [0.5, 0.6) is 0 Å². The Morgan fingerprint density at radius 1 is 1.00 bits per heavy atom. The van der Waals surface area contributed by atoms with E-state index in [-0.39, 0.29) is 0 Å². The quantitative estimate of drug-likeness (QED) is 0.792. The van der Waals surface area contributed by atoms with E-state index in [9.17, 15) is 0 Å². The monoisotopic (exact) mass is 247 g/mol. The molecule has 0 aliphatic heterocycles. The minimum atomic E-state index is 0.732. The van der Waals surface area contributed by atoms with Crippen molar-refractivity contribution < 1.29 is 0 Å². The van der Waals surface area contributed by atoms with Gasteiger partial charge in [0.1, 0.15) is 0 Å². The maximum Gasteiger partial charge on any atom is 0.0152 e.